The topological polar surface area (TPSA) is 184 Å². The highest BCUT2D eigenvalue weighted by Gasteiger charge is 2.09. The molecule has 0 fully saturated rings. The van der Waals surface area contributed by atoms with Crippen LogP contribution in [0.25, 0.3) is 0 Å². The molecule has 0 aromatic carbocycles. The summed E-state index contributed by atoms with van der Waals surface area (Å²) in [5.41, 5.74) is 0.678. The lowest BCUT2D eigenvalue weighted by Crippen LogP contribution is -2.13. The van der Waals surface area contributed by atoms with Crippen LogP contribution < -0.4 is 0 Å². The highest BCUT2D eigenvalue weighted by molar-refractivity contribution is 5.87. The fourth-order valence-corrected chi connectivity index (χ4v) is 16.0. The van der Waals surface area contributed by atoms with Gasteiger partial charge in [-0.1, -0.05) is 575 Å². The lowest BCUT2D eigenvalue weighted by Gasteiger charge is -2.05. The molecule has 0 aromatic heterocycles. The smallest absolute Gasteiger partial charge is 0.333 e. The molecule has 0 saturated carbocycles. The summed E-state index contributed by atoms with van der Waals surface area (Å²) < 4.78 is 34.0. The Morgan fingerprint density at radius 1 is 0.168 bits per heavy atom. The second-order valence-corrected chi connectivity index (χ2v) is 37.8. The minimum absolute atomic E-state index is 0.0845. The molecular weight excluding hydrogens is 1630 g/mol. The zero-order chi connectivity index (χ0) is 97.0. The van der Waals surface area contributed by atoms with E-state index in [1.807, 2.05) is 13.8 Å². The zero-order valence-corrected chi connectivity index (χ0v) is 88.2. The number of hydrogen-bond acceptors (Lipinski definition) is 14. The van der Waals surface area contributed by atoms with Crippen LogP contribution in [0.4, 0.5) is 0 Å². The molecule has 0 aliphatic rings. The monoisotopic (exact) mass is 1850 g/mol. The van der Waals surface area contributed by atoms with Crippen LogP contribution in [0.3, 0.4) is 0 Å². The van der Waals surface area contributed by atoms with Gasteiger partial charge in [0, 0.05) is 42.2 Å². The fraction of sp³-hybridized carbons (Fsp3) is 0.855. The van der Waals surface area contributed by atoms with Gasteiger partial charge in [0.2, 0.25) is 0 Å². The minimum atomic E-state index is -0.462. The summed E-state index contributed by atoms with van der Waals surface area (Å²) in [5.74, 6) is -2.32. The maximum absolute atomic E-state index is 11.0. The van der Waals surface area contributed by atoms with E-state index >= 15 is 0 Å². The first-order chi connectivity index (χ1) is 64.1. The second-order valence-electron chi connectivity index (χ2n) is 37.8. The van der Waals surface area contributed by atoms with Gasteiger partial charge in [-0.25, -0.2) is 24.0 Å². The fourth-order valence-electron chi connectivity index (χ4n) is 16.0. The van der Waals surface area contributed by atoms with Gasteiger partial charge >= 0.3 is 41.8 Å². The molecule has 0 aliphatic heterocycles. The zero-order valence-electron chi connectivity index (χ0n) is 88.2. The van der Waals surface area contributed by atoms with E-state index in [0.29, 0.717) is 43.8 Å². The Bertz CT molecular complexity index is 2420. The molecule has 0 N–H and O–H groups in total. The number of rotatable bonds is 100. The Balaban J connectivity index is -0.000000526. The van der Waals surface area contributed by atoms with Crippen molar-refractivity contribution in [2.24, 2.45) is 0 Å². The molecule has 0 radical (unpaired) electrons. The van der Waals surface area contributed by atoms with Gasteiger partial charge < -0.3 is 33.2 Å². The van der Waals surface area contributed by atoms with Crippen molar-refractivity contribution in [1.29, 1.82) is 0 Å². The van der Waals surface area contributed by atoms with E-state index < -0.39 is 11.9 Å². The van der Waals surface area contributed by atoms with Crippen LogP contribution in [0, 0.1) is 0 Å². The van der Waals surface area contributed by atoms with Gasteiger partial charge in [0.15, 0.2) is 0 Å². The predicted octanol–water partition coefficient (Wildman–Crippen LogP) is 37.1. The first-order valence-corrected chi connectivity index (χ1v) is 56.4. The largest absolute Gasteiger partial charge is 0.463 e. The average molecular weight is 1850 g/mol. The molecule has 0 amide bonds. The SMILES string of the molecule is C=C(C)C(=O)OCCOC(=O)CCC.C=C(C)C(=O)OCCOC(=O)CCCC.C=CC(=O)OCCCCCCCCCCCCCCCCCCCCCCCCCCCC.C=CC(=O)OCCCCCCCCCCCCCCCCCCCCCCCCCCCCC.C=CC(=O)OCCCCCCCCCCCCCCCCCCCCCCCCCCCCCC. The third kappa shape index (κ3) is 131. The highest BCUT2D eigenvalue weighted by Crippen LogP contribution is 2.22. The molecule has 0 atom stereocenters. The van der Waals surface area contributed by atoms with Crippen LogP contribution in [0.1, 0.15) is 601 Å². The van der Waals surface area contributed by atoms with Gasteiger partial charge in [0.1, 0.15) is 26.4 Å². The van der Waals surface area contributed by atoms with Crippen LogP contribution in [-0.4, -0.2) is 88.0 Å². The van der Waals surface area contributed by atoms with Gasteiger partial charge in [0.25, 0.3) is 0 Å². The Hall–Kier alpha value is -5.01. The van der Waals surface area contributed by atoms with Crippen molar-refractivity contribution < 1.29 is 66.7 Å². The van der Waals surface area contributed by atoms with E-state index in [1.54, 1.807) is 13.8 Å². The van der Waals surface area contributed by atoms with Gasteiger partial charge in [-0.15, -0.1) is 0 Å². The van der Waals surface area contributed by atoms with Crippen molar-refractivity contribution in [3.8, 4) is 0 Å². The first-order valence-electron chi connectivity index (χ1n) is 56.4. The van der Waals surface area contributed by atoms with Crippen molar-refractivity contribution >= 4 is 41.8 Å². The number of carbonyl (C=O) groups is 7. The van der Waals surface area contributed by atoms with Crippen LogP contribution >= 0.6 is 0 Å². The van der Waals surface area contributed by atoms with Crippen LogP contribution in [0.5, 0.6) is 0 Å². The van der Waals surface area contributed by atoms with Crippen LogP contribution in [-0.2, 0) is 66.7 Å². The standard InChI is InChI=1S/C33H64O2.C32H62O2.C31H60O2.C11H18O4.C10H16O4/c1-3-5-6-7-8-9-10-11-12-13-14-15-16-17-18-19-20-21-22-23-24-25-26-27-28-29-30-31-32-35-33(34)4-2;1-3-5-6-7-8-9-10-11-12-13-14-15-16-17-18-19-20-21-22-23-24-25-26-27-28-29-30-31-34-32(33)4-2;1-3-5-6-7-8-9-10-11-12-13-14-15-16-17-18-19-20-21-22-23-24-25-26-27-28-29-30-33-31(32)4-2;1-4-5-6-10(12)14-7-8-15-11(13)9(2)3;1-4-5-9(11)13-6-7-14-10(12)8(2)3/h4H,2-3,5-32H2,1H3;4H,2-3,5-31H2,1H3;4H,2-3,5-30H2,1H3;2,4-8H2,1,3H3;2,4-7H2,1,3H3. The summed E-state index contributed by atoms with van der Waals surface area (Å²) in [7, 11) is 0. The Morgan fingerprint density at radius 3 is 0.443 bits per heavy atom. The molecule has 0 unspecified atom stereocenters. The van der Waals surface area contributed by atoms with Crippen molar-refractivity contribution in [2.75, 3.05) is 46.2 Å². The second kappa shape index (κ2) is 123. The number of ether oxygens (including phenoxy) is 7. The summed E-state index contributed by atoms with van der Waals surface area (Å²) in [4.78, 5) is 76.3. The Morgan fingerprint density at radius 2 is 0.305 bits per heavy atom. The highest BCUT2D eigenvalue weighted by atomic mass is 16.6. The molecule has 0 bridgehead atoms. The minimum Gasteiger partial charge on any atom is -0.463 e. The molecule has 0 aliphatic carbocycles. The Kier molecular flexibility index (Phi) is 126. The lowest BCUT2D eigenvalue weighted by atomic mass is 10.0. The molecule has 0 spiro atoms. The van der Waals surface area contributed by atoms with Gasteiger partial charge in [-0.05, 0) is 46.0 Å². The molecule has 14 heteroatoms. The van der Waals surface area contributed by atoms with E-state index in [1.165, 1.54) is 519 Å². The average Bonchev–Trinajstić information content (AvgIpc) is 1.00. The number of hydrogen-bond donors (Lipinski definition) is 0. The van der Waals surface area contributed by atoms with E-state index in [9.17, 15) is 33.6 Å². The van der Waals surface area contributed by atoms with Gasteiger partial charge in [-0.3, -0.25) is 9.59 Å². The summed E-state index contributed by atoms with van der Waals surface area (Å²) >= 11 is 0. The molecular formula is C117H220O14. The summed E-state index contributed by atoms with van der Waals surface area (Å²) in [6.07, 6.45) is 121. The van der Waals surface area contributed by atoms with Crippen molar-refractivity contribution in [1.82, 2.24) is 0 Å². The van der Waals surface area contributed by atoms with E-state index in [-0.39, 0.29) is 56.3 Å². The first kappa shape index (κ1) is 134. The molecule has 0 rings (SSSR count). The van der Waals surface area contributed by atoms with Crippen LogP contribution in [0.15, 0.2) is 62.3 Å². The maximum Gasteiger partial charge on any atom is 0.333 e. The summed E-state index contributed by atoms with van der Waals surface area (Å²) in [6, 6.07) is 0. The lowest BCUT2D eigenvalue weighted by molar-refractivity contribution is -0.150. The normalized spacial score (nSPS) is 10.7. The predicted molar refractivity (Wildman–Crippen MR) is 562 cm³/mol. The molecule has 772 valence electrons. The summed E-state index contributed by atoms with van der Waals surface area (Å²) in [5, 5.41) is 0. The van der Waals surface area contributed by atoms with Crippen molar-refractivity contribution in [3.05, 3.63) is 62.3 Å². The van der Waals surface area contributed by atoms with E-state index in [2.05, 4.69) is 53.7 Å². The van der Waals surface area contributed by atoms with Crippen molar-refractivity contribution in [3.63, 3.8) is 0 Å². The quantitative estimate of drug-likeness (QED) is 0.0242. The van der Waals surface area contributed by atoms with E-state index in [4.69, 9.17) is 33.2 Å². The maximum atomic E-state index is 11.0. The molecule has 0 aromatic rings. The van der Waals surface area contributed by atoms with Gasteiger partial charge in [-0.2, -0.15) is 0 Å². The third-order valence-electron chi connectivity index (χ3n) is 24.5. The molecule has 131 heavy (non-hydrogen) atoms. The molecule has 0 saturated heterocycles. The van der Waals surface area contributed by atoms with Crippen LogP contribution in [0.2, 0.25) is 0 Å². The van der Waals surface area contributed by atoms with Crippen molar-refractivity contribution in [2.45, 2.75) is 601 Å². The van der Waals surface area contributed by atoms with E-state index in [0.717, 1.165) is 38.5 Å². The number of carbonyl (C=O) groups excluding carboxylic acids is 7. The number of esters is 7. The Labute approximate surface area is 813 Å². The van der Waals surface area contributed by atoms with Gasteiger partial charge in [0.05, 0.1) is 19.8 Å². The summed E-state index contributed by atoms with van der Waals surface area (Å²) in [6.45, 7) is 33.0. The number of unbranched alkanes of at least 4 members (excludes halogenated alkanes) is 79. The molecule has 14 nitrogen and oxygen atoms in total. The third-order valence-corrected chi connectivity index (χ3v) is 24.5. The molecule has 0 heterocycles.